The average Bonchev–Trinajstić information content (AvgIpc) is 2.87. The third kappa shape index (κ3) is 1.46. The summed E-state index contributed by atoms with van der Waals surface area (Å²) in [4.78, 5) is 8.41. The van der Waals surface area contributed by atoms with E-state index >= 15 is 0 Å². The van der Waals surface area contributed by atoms with Crippen molar-refractivity contribution in [2.45, 2.75) is 25.8 Å². The highest BCUT2D eigenvalue weighted by atomic mass is 14.9. The van der Waals surface area contributed by atoms with Gasteiger partial charge in [-0.2, -0.15) is 0 Å². The summed E-state index contributed by atoms with van der Waals surface area (Å²) < 4.78 is 0. The highest BCUT2D eigenvalue weighted by molar-refractivity contribution is 5.06. The minimum Gasteiger partial charge on any atom is -0.321 e. The molecule has 0 saturated heterocycles. The summed E-state index contributed by atoms with van der Waals surface area (Å²) in [7, 11) is 0. The molecule has 0 radical (unpaired) electrons. The fourth-order valence-corrected chi connectivity index (χ4v) is 1.24. The molecule has 0 amide bonds. The second kappa shape index (κ2) is 2.83. The van der Waals surface area contributed by atoms with Gasteiger partial charge in [0, 0.05) is 12.4 Å². The monoisotopic (exact) mass is 163 g/mol. The summed E-state index contributed by atoms with van der Waals surface area (Å²) in [5.74, 6) is 1.43. The number of aryl methyl sites for hydroxylation is 1. The molecule has 1 fully saturated rings. The maximum atomic E-state index is 5.93. The molecule has 64 valence electrons. The molecule has 1 heterocycles. The van der Waals surface area contributed by atoms with Crippen LogP contribution >= 0.6 is 0 Å². The molecule has 0 aromatic carbocycles. The van der Waals surface area contributed by atoms with Crippen LogP contribution in [0.2, 0.25) is 0 Å². The van der Waals surface area contributed by atoms with Gasteiger partial charge in [-0.15, -0.1) is 0 Å². The molecule has 3 heteroatoms. The van der Waals surface area contributed by atoms with Crippen molar-refractivity contribution in [2.24, 2.45) is 11.7 Å². The predicted octanol–water partition coefficient (Wildman–Crippen LogP) is 1.19. The fourth-order valence-electron chi connectivity index (χ4n) is 1.24. The van der Waals surface area contributed by atoms with Crippen molar-refractivity contribution in [1.82, 2.24) is 9.97 Å². The van der Waals surface area contributed by atoms with E-state index in [-0.39, 0.29) is 6.04 Å². The van der Waals surface area contributed by atoms with E-state index in [1.165, 1.54) is 12.8 Å². The SMILES string of the molecule is Cc1cnc(C(N)C2CC2)nc1. The quantitative estimate of drug-likeness (QED) is 0.712. The van der Waals surface area contributed by atoms with Gasteiger partial charge in [-0.3, -0.25) is 0 Å². The van der Waals surface area contributed by atoms with Gasteiger partial charge in [-0.05, 0) is 31.2 Å². The van der Waals surface area contributed by atoms with Gasteiger partial charge in [0.2, 0.25) is 0 Å². The summed E-state index contributed by atoms with van der Waals surface area (Å²) >= 11 is 0. The van der Waals surface area contributed by atoms with Gasteiger partial charge in [-0.25, -0.2) is 9.97 Å². The van der Waals surface area contributed by atoms with E-state index in [9.17, 15) is 0 Å². The van der Waals surface area contributed by atoms with E-state index < -0.39 is 0 Å². The Morgan fingerprint density at radius 1 is 1.42 bits per heavy atom. The summed E-state index contributed by atoms with van der Waals surface area (Å²) in [5, 5.41) is 0. The number of hydrogen-bond donors (Lipinski definition) is 1. The smallest absolute Gasteiger partial charge is 0.145 e. The van der Waals surface area contributed by atoms with Crippen molar-refractivity contribution in [1.29, 1.82) is 0 Å². The molecule has 1 atom stereocenters. The third-order valence-corrected chi connectivity index (χ3v) is 2.23. The number of nitrogens with zero attached hydrogens (tertiary/aromatic N) is 2. The first-order chi connectivity index (χ1) is 5.77. The molecule has 1 aliphatic rings. The average molecular weight is 163 g/mol. The number of rotatable bonds is 2. The van der Waals surface area contributed by atoms with Crippen LogP contribution in [0.4, 0.5) is 0 Å². The van der Waals surface area contributed by atoms with E-state index in [4.69, 9.17) is 5.73 Å². The molecular weight excluding hydrogens is 150 g/mol. The molecular formula is C9H13N3. The predicted molar refractivity (Wildman–Crippen MR) is 46.4 cm³/mol. The molecule has 3 nitrogen and oxygen atoms in total. The van der Waals surface area contributed by atoms with Crippen LogP contribution in [0.5, 0.6) is 0 Å². The maximum Gasteiger partial charge on any atom is 0.145 e. The summed E-state index contributed by atoms with van der Waals surface area (Å²) in [6.45, 7) is 1.98. The molecule has 1 aromatic rings. The van der Waals surface area contributed by atoms with Crippen molar-refractivity contribution >= 4 is 0 Å². The summed E-state index contributed by atoms with van der Waals surface area (Å²) in [6, 6.07) is 0.0607. The minimum atomic E-state index is 0.0607. The van der Waals surface area contributed by atoms with Gasteiger partial charge in [0.05, 0.1) is 6.04 Å². The van der Waals surface area contributed by atoms with Crippen LogP contribution in [-0.4, -0.2) is 9.97 Å². The lowest BCUT2D eigenvalue weighted by molar-refractivity contribution is 0.592. The zero-order chi connectivity index (χ0) is 8.55. The minimum absolute atomic E-state index is 0.0607. The Bertz CT molecular complexity index is 264. The van der Waals surface area contributed by atoms with Gasteiger partial charge in [0.15, 0.2) is 0 Å². The largest absolute Gasteiger partial charge is 0.321 e. The van der Waals surface area contributed by atoms with Crippen molar-refractivity contribution < 1.29 is 0 Å². The van der Waals surface area contributed by atoms with E-state index in [2.05, 4.69) is 9.97 Å². The first-order valence-corrected chi connectivity index (χ1v) is 4.31. The first-order valence-electron chi connectivity index (χ1n) is 4.31. The molecule has 12 heavy (non-hydrogen) atoms. The Morgan fingerprint density at radius 3 is 2.50 bits per heavy atom. The fraction of sp³-hybridized carbons (Fsp3) is 0.556. The van der Waals surface area contributed by atoms with Crippen LogP contribution in [0, 0.1) is 12.8 Å². The molecule has 2 N–H and O–H groups in total. The van der Waals surface area contributed by atoms with Gasteiger partial charge in [-0.1, -0.05) is 0 Å². The maximum absolute atomic E-state index is 5.93. The van der Waals surface area contributed by atoms with E-state index in [1.807, 2.05) is 19.3 Å². The van der Waals surface area contributed by atoms with Crippen LogP contribution in [0.15, 0.2) is 12.4 Å². The molecule has 1 saturated carbocycles. The van der Waals surface area contributed by atoms with E-state index in [0.29, 0.717) is 5.92 Å². The van der Waals surface area contributed by atoms with Crippen LogP contribution in [0.1, 0.15) is 30.3 Å². The second-order valence-electron chi connectivity index (χ2n) is 3.48. The number of aromatic nitrogens is 2. The lowest BCUT2D eigenvalue weighted by atomic mass is 10.2. The Morgan fingerprint density at radius 2 is 2.00 bits per heavy atom. The van der Waals surface area contributed by atoms with Crippen LogP contribution < -0.4 is 5.73 Å². The van der Waals surface area contributed by atoms with Gasteiger partial charge >= 0.3 is 0 Å². The van der Waals surface area contributed by atoms with Crippen LogP contribution in [-0.2, 0) is 0 Å². The van der Waals surface area contributed by atoms with Crippen LogP contribution in [0.25, 0.3) is 0 Å². The Labute approximate surface area is 72.0 Å². The first kappa shape index (κ1) is 7.68. The van der Waals surface area contributed by atoms with Crippen molar-refractivity contribution in [2.75, 3.05) is 0 Å². The standard InChI is InChI=1S/C9H13N3/c1-6-4-11-9(12-5-6)8(10)7-2-3-7/h4-5,7-8H,2-3,10H2,1H3. The molecule has 1 aliphatic carbocycles. The Kier molecular flexibility index (Phi) is 1.81. The highest BCUT2D eigenvalue weighted by Crippen LogP contribution is 2.38. The molecule has 0 aliphatic heterocycles. The number of nitrogens with two attached hydrogens (primary N) is 1. The third-order valence-electron chi connectivity index (χ3n) is 2.23. The van der Waals surface area contributed by atoms with E-state index in [1.54, 1.807) is 0 Å². The zero-order valence-corrected chi connectivity index (χ0v) is 7.20. The normalized spacial score (nSPS) is 19.2. The molecule has 2 rings (SSSR count). The van der Waals surface area contributed by atoms with Crippen molar-refractivity contribution in [3.63, 3.8) is 0 Å². The molecule has 1 unspecified atom stereocenters. The molecule has 1 aromatic heterocycles. The lowest BCUT2D eigenvalue weighted by Gasteiger charge is -2.07. The van der Waals surface area contributed by atoms with Crippen molar-refractivity contribution in [3.05, 3.63) is 23.8 Å². The lowest BCUT2D eigenvalue weighted by Crippen LogP contribution is -2.15. The van der Waals surface area contributed by atoms with Crippen molar-refractivity contribution in [3.8, 4) is 0 Å². The second-order valence-corrected chi connectivity index (χ2v) is 3.48. The Hall–Kier alpha value is -0.960. The number of hydrogen-bond acceptors (Lipinski definition) is 3. The molecule has 0 spiro atoms. The summed E-state index contributed by atoms with van der Waals surface area (Å²) in [5.41, 5.74) is 7.01. The van der Waals surface area contributed by atoms with Gasteiger partial charge < -0.3 is 5.73 Å². The van der Waals surface area contributed by atoms with Gasteiger partial charge in [0.1, 0.15) is 5.82 Å². The van der Waals surface area contributed by atoms with Crippen LogP contribution in [0.3, 0.4) is 0 Å². The van der Waals surface area contributed by atoms with Gasteiger partial charge in [0.25, 0.3) is 0 Å². The summed E-state index contributed by atoms with van der Waals surface area (Å²) in [6.07, 6.45) is 6.12. The molecule has 0 bridgehead atoms. The Balaban J connectivity index is 2.16. The zero-order valence-electron chi connectivity index (χ0n) is 7.20. The van der Waals surface area contributed by atoms with E-state index in [0.717, 1.165) is 11.4 Å². The highest BCUT2D eigenvalue weighted by Gasteiger charge is 2.30. The topological polar surface area (TPSA) is 51.8 Å².